The Labute approximate surface area is 128 Å². The van der Waals surface area contributed by atoms with E-state index in [9.17, 15) is 13.2 Å². The van der Waals surface area contributed by atoms with Crippen LogP contribution in [0.5, 0.6) is 0 Å². The molecule has 9 heteroatoms. The first kappa shape index (κ1) is 16.1. The van der Waals surface area contributed by atoms with Gasteiger partial charge in [0.05, 0.1) is 11.4 Å². The molecule has 2 rings (SSSR count). The minimum absolute atomic E-state index is 0.0208. The largest absolute Gasteiger partial charge is 0.345 e. The van der Waals surface area contributed by atoms with E-state index in [0.29, 0.717) is 17.2 Å². The first-order chi connectivity index (χ1) is 10.3. The van der Waals surface area contributed by atoms with E-state index in [2.05, 4.69) is 19.9 Å². The Hall–Kier alpha value is -2.26. The number of aromatic nitrogens is 3. The number of rotatable bonds is 5. The summed E-state index contributed by atoms with van der Waals surface area (Å²) < 4.78 is 26.9. The molecule has 0 saturated heterocycles. The zero-order chi connectivity index (χ0) is 16.3. The van der Waals surface area contributed by atoms with Crippen LogP contribution in [-0.2, 0) is 16.6 Å². The third-order valence-corrected chi connectivity index (χ3v) is 4.26. The number of aryl methyl sites for hydroxylation is 1. The lowest BCUT2D eigenvalue weighted by molar-refractivity contribution is 0.0827. The van der Waals surface area contributed by atoms with Gasteiger partial charge >= 0.3 is 0 Å². The SMILES string of the molecule is Cc1nc(CNS(=O)(=O)c2cccc(C(=O)N(C)C)c2)n[nH]1. The fraction of sp³-hybridized carbons (Fsp3) is 0.308. The summed E-state index contributed by atoms with van der Waals surface area (Å²) in [6, 6.07) is 5.87. The van der Waals surface area contributed by atoms with Gasteiger partial charge in [-0.2, -0.15) is 5.10 Å². The van der Waals surface area contributed by atoms with Crippen LogP contribution < -0.4 is 4.72 Å². The molecule has 1 heterocycles. The van der Waals surface area contributed by atoms with Crippen LogP contribution in [0.25, 0.3) is 0 Å². The number of aromatic amines is 1. The molecule has 22 heavy (non-hydrogen) atoms. The zero-order valence-corrected chi connectivity index (χ0v) is 13.3. The van der Waals surface area contributed by atoms with Crippen LogP contribution in [0, 0.1) is 6.92 Å². The first-order valence-corrected chi connectivity index (χ1v) is 7.97. The summed E-state index contributed by atoms with van der Waals surface area (Å²) in [5.41, 5.74) is 0.307. The van der Waals surface area contributed by atoms with Gasteiger partial charge in [0.2, 0.25) is 10.0 Å². The molecule has 2 N–H and O–H groups in total. The molecule has 0 aliphatic carbocycles. The van der Waals surface area contributed by atoms with Crippen molar-refractivity contribution in [3.63, 3.8) is 0 Å². The molecule has 0 atom stereocenters. The standard InChI is InChI=1S/C13H17N5O3S/c1-9-15-12(17-16-9)8-14-22(20,21)11-6-4-5-10(7-11)13(19)18(2)3/h4-7,14H,8H2,1-3H3,(H,15,16,17). The number of nitrogens with one attached hydrogen (secondary N) is 2. The molecule has 1 aromatic heterocycles. The second-order valence-corrected chi connectivity index (χ2v) is 6.66. The molecule has 118 valence electrons. The van der Waals surface area contributed by atoms with E-state index in [0.717, 1.165) is 0 Å². The van der Waals surface area contributed by atoms with E-state index in [1.807, 2.05) is 0 Å². The van der Waals surface area contributed by atoms with Crippen molar-refractivity contribution in [3.05, 3.63) is 41.5 Å². The van der Waals surface area contributed by atoms with Crippen molar-refractivity contribution in [1.29, 1.82) is 0 Å². The van der Waals surface area contributed by atoms with Crippen molar-refractivity contribution in [2.75, 3.05) is 14.1 Å². The Morgan fingerprint density at radius 3 is 2.68 bits per heavy atom. The Morgan fingerprint density at radius 1 is 1.36 bits per heavy atom. The topological polar surface area (TPSA) is 108 Å². The van der Waals surface area contributed by atoms with Gasteiger partial charge in [-0.3, -0.25) is 9.89 Å². The van der Waals surface area contributed by atoms with Crippen LogP contribution in [0.3, 0.4) is 0 Å². The number of sulfonamides is 1. The highest BCUT2D eigenvalue weighted by molar-refractivity contribution is 7.89. The second-order valence-electron chi connectivity index (χ2n) is 4.89. The highest BCUT2D eigenvalue weighted by Crippen LogP contribution is 2.13. The molecular weight excluding hydrogens is 306 g/mol. The predicted molar refractivity (Wildman–Crippen MR) is 79.6 cm³/mol. The Kier molecular flexibility index (Phi) is 4.57. The fourth-order valence-electron chi connectivity index (χ4n) is 1.77. The van der Waals surface area contributed by atoms with Gasteiger partial charge in [0.25, 0.3) is 5.91 Å². The number of carbonyl (C=O) groups is 1. The number of carbonyl (C=O) groups excluding carboxylic acids is 1. The van der Waals surface area contributed by atoms with Gasteiger partial charge in [-0.05, 0) is 25.1 Å². The molecule has 1 aromatic carbocycles. The molecule has 2 aromatic rings. The van der Waals surface area contributed by atoms with E-state index in [1.54, 1.807) is 27.1 Å². The van der Waals surface area contributed by atoms with Crippen LogP contribution in [0.4, 0.5) is 0 Å². The number of H-pyrrole nitrogens is 1. The summed E-state index contributed by atoms with van der Waals surface area (Å²) >= 11 is 0. The summed E-state index contributed by atoms with van der Waals surface area (Å²) in [6.07, 6.45) is 0. The maximum atomic E-state index is 12.3. The second kappa shape index (κ2) is 6.24. The molecule has 0 fully saturated rings. The van der Waals surface area contributed by atoms with E-state index >= 15 is 0 Å². The third-order valence-electron chi connectivity index (χ3n) is 2.86. The molecule has 1 amide bonds. The van der Waals surface area contributed by atoms with Crippen molar-refractivity contribution in [1.82, 2.24) is 24.8 Å². The number of amides is 1. The fourth-order valence-corrected chi connectivity index (χ4v) is 2.79. The monoisotopic (exact) mass is 323 g/mol. The molecule has 8 nitrogen and oxygen atoms in total. The summed E-state index contributed by atoms with van der Waals surface area (Å²) in [6.45, 7) is 1.69. The van der Waals surface area contributed by atoms with Crippen LogP contribution in [0.15, 0.2) is 29.2 Å². The lowest BCUT2D eigenvalue weighted by atomic mass is 10.2. The van der Waals surface area contributed by atoms with Gasteiger partial charge in [-0.1, -0.05) is 6.07 Å². The molecule has 0 bridgehead atoms. The summed E-state index contributed by atoms with van der Waals surface area (Å²) in [5, 5.41) is 6.49. The zero-order valence-electron chi connectivity index (χ0n) is 12.5. The van der Waals surface area contributed by atoms with Crippen LogP contribution in [-0.4, -0.2) is 48.5 Å². The Balaban J connectivity index is 2.18. The average Bonchev–Trinajstić information content (AvgIpc) is 2.90. The van der Waals surface area contributed by atoms with Crippen LogP contribution in [0.2, 0.25) is 0 Å². The maximum Gasteiger partial charge on any atom is 0.253 e. The first-order valence-electron chi connectivity index (χ1n) is 6.49. The minimum Gasteiger partial charge on any atom is -0.345 e. The smallest absolute Gasteiger partial charge is 0.253 e. The number of hydrogen-bond acceptors (Lipinski definition) is 5. The quantitative estimate of drug-likeness (QED) is 0.822. The molecule has 0 radical (unpaired) electrons. The third kappa shape index (κ3) is 3.68. The predicted octanol–water partition coefficient (Wildman–Crippen LogP) is 0.293. The van der Waals surface area contributed by atoms with Crippen molar-refractivity contribution in [2.24, 2.45) is 0 Å². The van der Waals surface area contributed by atoms with Gasteiger partial charge in [0.1, 0.15) is 5.82 Å². The molecule has 0 spiro atoms. The number of hydrogen-bond donors (Lipinski definition) is 2. The maximum absolute atomic E-state index is 12.3. The van der Waals surface area contributed by atoms with Gasteiger partial charge in [0.15, 0.2) is 5.82 Å². The van der Waals surface area contributed by atoms with Crippen LogP contribution >= 0.6 is 0 Å². The van der Waals surface area contributed by atoms with Crippen molar-refractivity contribution >= 4 is 15.9 Å². The lowest BCUT2D eigenvalue weighted by Crippen LogP contribution is -2.25. The molecule has 0 unspecified atom stereocenters. The summed E-state index contributed by atoms with van der Waals surface area (Å²) in [4.78, 5) is 17.3. The normalized spacial score (nSPS) is 11.4. The molecule has 0 aliphatic heterocycles. The van der Waals surface area contributed by atoms with Crippen molar-refractivity contribution < 1.29 is 13.2 Å². The van der Waals surface area contributed by atoms with E-state index in [4.69, 9.17) is 0 Å². The Morgan fingerprint density at radius 2 is 2.09 bits per heavy atom. The average molecular weight is 323 g/mol. The molecule has 0 aliphatic rings. The van der Waals surface area contributed by atoms with E-state index in [-0.39, 0.29) is 17.3 Å². The van der Waals surface area contributed by atoms with Crippen LogP contribution in [0.1, 0.15) is 22.0 Å². The van der Waals surface area contributed by atoms with Crippen molar-refractivity contribution in [2.45, 2.75) is 18.4 Å². The molecule has 0 saturated carbocycles. The number of benzene rings is 1. The van der Waals surface area contributed by atoms with E-state index < -0.39 is 10.0 Å². The Bertz CT molecular complexity index is 782. The lowest BCUT2D eigenvalue weighted by Gasteiger charge is -2.11. The summed E-state index contributed by atoms with van der Waals surface area (Å²) in [7, 11) is -0.537. The summed E-state index contributed by atoms with van der Waals surface area (Å²) in [5.74, 6) is 0.691. The highest BCUT2D eigenvalue weighted by atomic mass is 32.2. The van der Waals surface area contributed by atoms with Gasteiger partial charge in [-0.25, -0.2) is 18.1 Å². The van der Waals surface area contributed by atoms with Gasteiger partial charge in [-0.15, -0.1) is 0 Å². The van der Waals surface area contributed by atoms with E-state index in [1.165, 1.54) is 23.1 Å². The van der Waals surface area contributed by atoms with Gasteiger partial charge < -0.3 is 4.90 Å². The van der Waals surface area contributed by atoms with Gasteiger partial charge in [0, 0.05) is 19.7 Å². The van der Waals surface area contributed by atoms with Crippen molar-refractivity contribution in [3.8, 4) is 0 Å². The minimum atomic E-state index is -3.75. The number of nitrogens with zero attached hydrogens (tertiary/aromatic N) is 3. The molecular formula is C13H17N5O3S. The highest BCUT2D eigenvalue weighted by Gasteiger charge is 2.17.